The van der Waals surface area contributed by atoms with E-state index in [4.69, 9.17) is 19.9 Å². The fraction of sp³-hybridized carbons (Fsp3) is 0.558. The highest BCUT2D eigenvalue weighted by Gasteiger charge is 2.34. The molecule has 58 heavy (non-hydrogen) atoms. The smallest absolute Gasteiger partial charge is 0.213 e. The number of hydrogen-bond acceptors (Lipinski definition) is 6. The first-order valence-corrected chi connectivity index (χ1v) is 22.5. The number of benzene rings is 2. The van der Waals surface area contributed by atoms with Crippen molar-refractivity contribution < 1.29 is 14.2 Å². The van der Waals surface area contributed by atoms with Gasteiger partial charge in [0.1, 0.15) is 12.4 Å². The summed E-state index contributed by atoms with van der Waals surface area (Å²) in [6.07, 6.45) is 23.2. The Morgan fingerprint density at radius 1 is 1.02 bits per heavy atom. The Morgan fingerprint density at radius 3 is 2.57 bits per heavy atom. The van der Waals surface area contributed by atoms with Crippen molar-refractivity contribution in [1.82, 2.24) is 9.88 Å². The molecule has 1 aromatic heterocycles. The number of piperidine rings is 1. The number of anilines is 1. The van der Waals surface area contributed by atoms with E-state index in [1.54, 1.807) is 0 Å². The van der Waals surface area contributed by atoms with Gasteiger partial charge in [0.05, 0.1) is 13.2 Å². The number of allylic oxidation sites excluding steroid dienone is 2. The highest BCUT2D eigenvalue weighted by molar-refractivity contribution is 5.56. The van der Waals surface area contributed by atoms with E-state index >= 15 is 0 Å². The van der Waals surface area contributed by atoms with E-state index in [0.717, 1.165) is 110 Å². The topological polar surface area (TPSA) is 69.8 Å². The number of rotatable bonds is 25. The maximum absolute atomic E-state index is 6.39. The van der Waals surface area contributed by atoms with Gasteiger partial charge in [-0.3, -0.25) is 0 Å². The van der Waals surface area contributed by atoms with Crippen LogP contribution < -0.4 is 25.6 Å². The van der Waals surface area contributed by atoms with Crippen LogP contribution in [0.1, 0.15) is 122 Å². The zero-order valence-corrected chi connectivity index (χ0v) is 37.4. The van der Waals surface area contributed by atoms with E-state index in [9.17, 15) is 0 Å². The lowest BCUT2D eigenvalue weighted by molar-refractivity contribution is 0.0507. The Labute approximate surface area is 352 Å². The van der Waals surface area contributed by atoms with Crippen LogP contribution in [0.4, 0.5) is 5.69 Å². The van der Waals surface area contributed by atoms with Crippen LogP contribution in [0.2, 0.25) is 0 Å². The predicted molar refractivity (Wildman–Crippen MR) is 248 cm³/mol. The van der Waals surface area contributed by atoms with E-state index in [-0.39, 0.29) is 0 Å². The van der Waals surface area contributed by atoms with E-state index in [0.29, 0.717) is 36.3 Å². The summed E-state index contributed by atoms with van der Waals surface area (Å²) in [6, 6.07) is 17.0. The average molecular weight is 792 g/mol. The number of aromatic nitrogens is 1. The fourth-order valence-corrected chi connectivity index (χ4v) is 8.25. The fourth-order valence-electron chi connectivity index (χ4n) is 8.25. The van der Waals surface area contributed by atoms with E-state index in [1.807, 2.05) is 24.4 Å². The second-order valence-electron chi connectivity index (χ2n) is 17.5. The van der Waals surface area contributed by atoms with Crippen molar-refractivity contribution in [3.05, 3.63) is 100 Å². The molecule has 0 radical (unpaired) electrons. The molecule has 2 N–H and O–H groups in total. The molecule has 2 heterocycles. The summed E-state index contributed by atoms with van der Waals surface area (Å²) in [5.74, 6) is 3.44. The normalized spacial score (nSPS) is 17.5. The van der Waals surface area contributed by atoms with Crippen LogP contribution in [0.5, 0.6) is 11.6 Å². The molecule has 0 spiro atoms. The monoisotopic (exact) mass is 792 g/mol. The summed E-state index contributed by atoms with van der Waals surface area (Å²) in [5.41, 5.74) is 12.4. The molecule has 3 unspecified atom stereocenters. The van der Waals surface area contributed by atoms with E-state index in [1.165, 1.54) is 43.1 Å². The van der Waals surface area contributed by atoms with Gasteiger partial charge in [0.2, 0.25) is 5.88 Å². The van der Waals surface area contributed by atoms with Crippen molar-refractivity contribution >= 4 is 23.9 Å². The standard InChI is InChI=1S/C52H77N3O3/c1-9-15-41(5)35-49-46(20-13-21-50(49)53)36-43(11-3)18-12-19-45-37-51(54-38-42(45)6)58-34-33-56-32-28-40(4)17-14-31-57-48-24-22-44(23-25-48)26-29-55-30-27-47(16-10-2)52(7,8)39-55/h12-13,19-25,35-38,40,43,47H,5,9-11,14-18,26-34,39,53H2,1-4,6-8H3/b19-12-,46-36-,49-35+. The Hall–Kier alpha value is -3.87. The molecule has 6 nitrogen and oxygen atoms in total. The molecule has 0 amide bonds. The molecular formula is C52H77N3O3. The quantitative estimate of drug-likeness (QED) is 0.0681. The molecule has 3 aromatic rings. The third-order valence-electron chi connectivity index (χ3n) is 12.0. The lowest BCUT2D eigenvalue weighted by Crippen LogP contribution is -2.46. The van der Waals surface area contributed by atoms with Crippen LogP contribution in [0.25, 0.3) is 18.2 Å². The molecule has 1 saturated heterocycles. The van der Waals surface area contributed by atoms with Gasteiger partial charge in [0.15, 0.2) is 0 Å². The van der Waals surface area contributed by atoms with Crippen molar-refractivity contribution in [3.63, 3.8) is 0 Å². The number of pyridine rings is 1. The Bertz CT molecular complexity index is 1810. The second-order valence-corrected chi connectivity index (χ2v) is 17.5. The molecule has 0 saturated carbocycles. The summed E-state index contributed by atoms with van der Waals surface area (Å²) >= 11 is 0. The summed E-state index contributed by atoms with van der Waals surface area (Å²) < 4.78 is 18.0. The summed E-state index contributed by atoms with van der Waals surface area (Å²) in [5, 5.41) is 2.25. The van der Waals surface area contributed by atoms with Gasteiger partial charge in [0, 0.05) is 42.9 Å². The number of ether oxygens (including phenoxy) is 3. The molecule has 6 heteroatoms. The van der Waals surface area contributed by atoms with Crippen LogP contribution >= 0.6 is 0 Å². The van der Waals surface area contributed by atoms with Crippen molar-refractivity contribution in [2.45, 2.75) is 119 Å². The Morgan fingerprint density at radius 2 is 1.83 bits per heavy atom. The first-order valence-electron chi connectivity index (χ1n) is 22.5. The van der Waals surface area contributed by atoms with Crippen molar-refractivity contribution in [2.75, 3.05) is 51.8 Å². The highest BCUT2D eigenvalue weighted by Crippen LogP contribution is 2.37. The summed E-state index contributed by atoms with van der Waals surface area (Å²) in [4.78, 5) is 7.17. The van der Waals surface area contributed by atoms with Gasteiger partial charge in [-0.05, 0) is 134 Å². The van der Waals surface area contributed by atoms with Crippen molar-refractivity contribution in [3.8, 4) is 11.6 Å². The number of nitrogen functional groups attached to an aromatic ring is 1. The Kier molecular flexibility index (Phi) is 20.1. The van der Waals surface area contributed by atoms with E-state index in [2.05, 4.69) is 120 Å². The average Bonchev–Trinajstić information content (AvgIpc) is 3.20. The molecule has 0 bridgehead atoms. The minimum absolute atomic E-state index is 0.394. The first-order chi connectivity index (χ1) is 28.0. The lowest BCUT2D eigenvalue weighted by Gasteiger charge is -2.44. The maximum atomic E-state index is 6.39. The third kappa shape index (κ3) is 16.1. The first kappa shape index (κ1) is 46.8. The van der Waals surface area contributed by atoms with Crippen LogP contribution in [-0.4, -0.2) is 55.9 Å². The number of nitrogens with zero attached hydrogens (tertiary/aromatic N) is 2. The molecule has 2 aromatic carbocycles. The van der Waals surface area contributed by atoms with Gasteiger partial charge in [-0.1, -0.05) is 115 Å². The van der Waals surface area contributed by atoms with Gasteiger partial charge >= 0.3 is 0 Å². The minimum Gasteiger partial charge on any atom is -0.494 e. The van der Waals surface area contributed by atoms with E-state index < -0.39 is 0 Å². The predicted octanol–water partition coefficient (Wildman–Crippen LogP) is 11.0. The summed E-state index contributed by atoms with van der Waals surface area (Å²) in [7, 11) is 0. The van der Waals surface area contributed by atoms with Crippen LogP contribution in [0.15, 0.2) is 73.0 Å². The molecular weight excluding hydrogens is 715 g/mol. The van der Waals surface area contributed by atoms with Gasteiger partial charge < -0.3 is 24.8 Å². The van der Waals surface area contributed by atoms with Crippen LogP contribution in [0.3, 0.4) is 0 Å². The number of nitrogens with two attached hydrogens (primary N) is 1. The molecule has 1 aliphatic rings. The number of aryl methyl sites for hydroxylation is 1. The zero-order chi connectivity index (χ0) is 41.8. The molecule has 0 aliphatic carbocycles. The summed E-state index contributed by atoms with van der Waals surface area (Å²) in [6.45, 7) is 26.4. The Balaban J connectivity index is 1.09. The zero-order valence-electron chi connectivity index (χ0n) is 37.4. The molecule has 1 aliphatic heterocycles. The van der Waals surface area contributed by atoms with Gasteiger partial charge in [-0.15, -0.1) is 0 Å². The molecule has 1 fully saturated rings. The van der Waals surface area contributed by atoms with Crippen LogP contribution in [0, 0.1) is 30.1 Å². The molecule has 3 atom stereocenters. The second kappa shape index (κ2) is 24.9. The van der Waals surface area contributed by atoms with Crippen LogP contribution in [-0.2, 0) is 11.2 Å². The third-order valence-corrected chi connectivity index (χ3v) is 12.0. The largest absolute Gasteiger partial charge is 0.494 e. The lowest BCUT2D eigenvalue weighted by atomic mass is 9.72. The molecule has 4 rings (SSSR count). The van der Waals surface area contributed by atoms with Crippen molar-refractivity contribution in [2.24, 2.45) is 23.2 Å². The van der Waals surface area contributed by atoms with Gasteiger partial charge in [-0.2, -0.15) is 0 Å². The van der Waals surface area contributed by atoms with Gasteiger partial charge in [-0.25, -0.2) is 4.98 Å². The van der Waals surface area contributed by atoms with Gasteiger partial charge in [0.25, 0.3) is 0 Å². The minimum atomic E-state index is 0.394. The number of hydrogen-bond donors (Lipinski definition) is 1. The number of likely N-dealkylation sites (tertiary alicyclic amines) is 1. The maximum Gasteiger partial charge on any atom is 0.213 e. The van der Waals surface area contributed by atoms with Crippen molar-refractivity contribution in [1.29, 1.82) is 0 Å². The highest BCUT2D eigenvalue weighted by atomic mass is 16.5. The molecule has 318 valence electrons. The SMILES string of the molecule is C=C(/C=c1/c(N)ccc/c1=C/C(CC)C/C=C\c1cc(OCCOCCC(C)CCCOc2ccc(CCN3CCC(CCC)C(C)(C)C3)cc2)ncc1C)CCC.